The van der Waals surface area contributed by atoms with Crippen LogP contribution in [0.4, 0.5) is 0 Å². The summed E-state index contributed by atoms with van der Waals surface area (Å²) in [5.41, 5.74) is 0. The number of allylic oxidation sites excluding steroid dienone is 4. The fraction of sp³-hybridized carbons (Fsp3) is 0.857. The monoisotopic (exact) mass is 663 g/mol. The SMILES string of the molecule is CCCCCCCC/C=C\CCCCCCCC(=O)O[C@@H](C)[C@H](OC(=O)CCCCCCC/C=C\CCCCCCCC)[N+](C)(C)C. The van der Waals surface area contributed by atoms with Crippen LogP contribution in [0.1, 0.15) is 201 Å². The van der Waals surface area contributed by atoms with Crippen LogP contribution in [0.25, 0.3) is 0 Å². The number of likely N-dealkylation sites (N-methyl/N-ethyl adjacent to an activating group) is 1. The number of esters is 2. The summed E-state index contributed by atoms with van der Waals surface area (Å²) in [5.74, 6) is -0.386. The van der Waals surface area contributed by atoms with Crippen molar-refractivity contribution in [3.8, 4) is 0 Å². The molecule has 0 rings (SSSR count). The van der Waals surface area contributed by atoms with Gasteiger partial charge >= 0.3 is 11.9 Å². The van der Waals surface area contributed by atoms with Crippen LogP contribution in [0.2, 0.25) is 0 Å². The Kier molecular flexibility index (Phi) is 31.8. The van der Waals surface area contributed by atoms with Crippen molar-refractivity contribution in [3.05, 3.63) is 24.3 Å². The van der Waals surface area contributed by atoms with Crippen molar-refractivity contribution >= 4 is 11.9 Å². The summed E-state index contributed by atoms with van der Waals surface area (Å²) in [6.45, 7) is 6.38. The molecule has 0 fully saturated rings. The molecule has 47 heavy (non-hydrogen) atoms. The van der Waals surface area contributed by atoms with Crippen molar-refractivity contribution in [2.45, 2.75) is 213 Å². The van der Waals surface area contributed by atoms with E-state index in [2.05, 4.69) is 38.2 Å². The molecule has 0 spiro atoms. The number of carbonyl (C=O) groups excluding carboxylic acids is 2. The Hall–Kier alpha value is -1.62. The lowest BCUT2D eigenvalue weighted by Gasteiger charge is -2.36. The summed E-state index contributed by atoms with van der Waals surface area (Å²) in [4.78, 5) is 25.2. The zero-order chi connectivity index (χ0) is 34.9. The summed E-state index contributed by atoms with van der Waals surface area (Å²) >= 11 is 0. The van der Waals surface area contributed by atoms with Crippen LogP contribution in [-0.2, 0) is 19.1 Å². The molecule has 0 aromatic heterocycles. The van der Waals surface area contributed by atoms with Crippen molar-refractivity contribution in [2.75, 3.05) is 21.1 Å². The van der Waals surface area contributed by atoms with Gasteiger partial charge in [-0.3, -0.25) is 14.1 Å². The topological polar surface area (TPSA) is 52.6 Å². The van der Waals surface area contributed by atoms with E-state index in [-0.39, 0.29) is 11.9 Å². The normalized spacial score (nSPS) is 13.4. The van der Waals surface area contributed by atoms with E-state index in [1.165, 1.54) is 116 Å². The number of hydrogen-bond donors (Lipinski definition) is 0. The zero-order valence-corrected chi connectivity index (χ0v) is 32.3. The van der Waals surface area contributed by atoms with Gasteiger partial charge in [-0.05, 0) is 71.1 Å². The molecule has 0 saturated carbocycles. The van der Waals surface area contributed by atoms with E-state index in [0.717, 1.165) is 51.4 Å². The maximum absolute atomic E-state index is 12.7. The molecule has 0 aliphatic rings. The largest absolute Gasteiger partial charge is 0.452 e. The van der Waals surface area contributed by atoms with Gasteiger partial charge in [0.05, 0.1) is 21.1 Å². The summed E-state index contributed by atoms with van der Waals surface area (Å²) in [6, 6.07) is 0. The quantitative estimate of drug-likeness (QED) is 0.0226. The van der Waals surface area contributed by atoms with Gasteiger partial charge in [-0.2, -0.15) is 0 Å². The molecule has 0 N–H and O–H groups in total. The highest BCUT2D eigenvalue weighted by Gasteiger charge is 2.36. The first-order valence-electron chi connectivity index (χ1n) is 20.2. The number of ether oxygens (including phenoxy) is 2. The first kappa shape index (κ1) is 45.4. The maximum Gasteiger partial charge on any atom is 0.310 e. The second-order valence-electron chi connectivity index (χ2n) is 14.9. The highest BCUT2D eigenvalue weighted by Crippen LogP contribution is 2.18. The summed E-state index contributed by atoms with van der Waals surface area (Å²) in [7, 11) is 5.94. The molecule has 276 valence electrons. The highest BCUT2D eigenvalue weighted by molar-refractivity contribution is 5.70. The molecule has 0 heterocycles. The van der Waals surface area contributed by atoms with Crippen LogP contribution < -0.4 is 0 Å². The molecule has 0 aliphatic heterocycles. The summed E-state index contributed by atoms with van der Waals surface area (Å²) in [6.07, 6.45) is 41.3. The number of nitrogens with zero attached hydrogens (tertiary/aromatic N) is 1. The first-order valence-corrected chi connectivity index (χ1v) is 20.2. The molecule has 2 atom stereocenters. The minimum Gasteiger partial charge on any atom is -0.452 e. The average Bonchev–Trinajstić information content (AvgIpc) is 3.03. The van der Waals surface area contributed by atoms with E-state index >= 15 is 0 Å². The standard InChI is InChI=1S/C42H80NO4/c1-7-9-11-13-15-17-19-21-23-25-27-29-31-33-35-37-40(44)46-39(3)42(43(4,5)6)47-41(45)38-36-34-32-30-28-26-24-22-20-18-16-14-12-10-8-2/h21-24,39,42H,7-20,25-38H2,1-6H3/q+1/b23-21-,24-22-/t39-,42-/m0/s1. The molecule has 5 nitrogen and oxygen atoms in total. The van der Waals surface area contributed by atoms with E-state index in [9.17, 15) is 9.59 Å². The Morgan fingerprint density at radius 1 is 0.468 bits per heavy atom. The van der Waals surface area contributed by atoms with Crippen molar-refractivity contribution in [1.82, 2.24) is 0 Å². The second kappa shape index (κ2) is 32.9. The Morgan fingerprint density at radius 2 is 0.766 bits per heavy atom. The zero-order valence-electron chi connectivity index (χ0n) is 32.3. The molecule has 0 bridgehead atoms. The summed E-state index contributed by atoms with van der Waals surface area (Å²) in [5, 5.41) is 0. The maximum atomic E-state index is 12.7. The van der Waals surface area contributed by atoms with Gasteiger partial charge in [0.2, 0.25) is 0 Å². The first-order chi connectivity index (χ1) is 22.7. The van der Waals surface area contributed by atoms with Gasteiger partial charge in [-0.1, -0.05) is 141 Å². The van der Waals surface area contributed by atoms with Crippen LogP contribution in [0.5, 0.6) is 0 Å². The second-order valence-corrected chi connectivity index (χ2v) is 14.9. The van der Waals surface area contributed by atoms with Gasteiger partial charge in [0, 0.05) is 12.8 Å². The smallest absolute Gasteiger partial charge is 0.310 e. The van der Waals surface area contributed by atoms with E-state index in [4.69, 9.17) is 9.47 Å². The Morgan fingerprint density at radius 3 is 1.11 bits per heavy atom. The molecule has 0 aromatic carbocycles. The van der Waals surface area contributed by atoms with Crippen molar-refractivity contribution in [1.29, 1.82) is 0 Å². The third kappa shape index (κ3) is 31.4. The van der Waals surface area contributed by atoms with Crippen LogP contribution in [-0.4, -0.2) is 49.9 Å². The van der Waals surface area contributed by atoms with Crippen LogP contribution in [0, 0.1) is 0 Å². The van der Waals surface area contributed by atoms with Crippen LogP contribution >= 0.6 is 0 Å². The van der Waals surface area contributed by atoms with Gasteiger partial charge in [0.15, 0.2) is 6.10 Å². The van der Waals surface area contributed by atoms with Gasteiger partial charge < -0.3 is 9.47 Å². The van der Waals surface area contributed by atoms with Gasteiger partial charge in [0.25, 0.3) is 6.23 Å². The molecular weight excluding hydrogens is 582 g/mol. The van der Waals surface area contributed by atoms with Crippen LogP contribution in [0.3, 0.4) is 0 Å². The van der Waals surface area contributed by atoms with Gasteiger partial charge in [0.1, 0.15) is 0 Å². The van der Waals surface area contributed by atoms with Crippen molar-refractivity contribution in [2.24, 2.45) is 0 Å². The van der Waals surface area contributed by atoms with E-state index in [1.807, 2.05) is 28.1 Å². The predicted octanol–water partition coefficient (Wildman–Crippen LogP) is 12.6. The molecule has 5 heteroatoms. The van der Waals surface area contributed by atoms with E-state index in [1.54, 1.807) is 0 Å². The molecule has 0 aromatic rings. The predicted molar refractivity (Wildman–Crippen MR) is 202 cm³/mol. The van der Waals surface area contributed by atoms with Crippen molar-refractivity contribution in [3.63, 3.8) is 0 Å². The lowest BCUT2D eigenvalue weighted by molar-refractivity contribution is -0.920. The lowest BCUT2D eigenvalue weighted by Crippen LogP contribution is -2.54. The van der Waals surface area contributed by atoms with E-state index in [0.29, 0.717) is 17.3 Å². The number of rotatable bonds is 34. The van der Waals surface area contributed by atoms with E-state index < -0.39 is 12.3 Å². The minimum atomic E-state index is -0.510. The summed E-state index contributed by atoms with van der Waals surface area (Å²) < 4.78 is 12.0. The molecular formula is C42H80NO4+. The fourth-order valence-corrected chi connectivity index (χ4v) is 6.08. The third-order valence-corrected chi connectivity index (χ3v) is 9.02. The number of hydrogen-bond acceptors (Lipinski definition) is 4. The Labute approximate surface area is 293 Å². The van der Waals surface area contributed by atoms with Gasteiger partial charge in [-0.25, -0.2) is 0 Å². The van der Waals surface area contributed by atoms with Crippen LogP contribution in [0.15, 0.2) is 24.3 Å². The highest BCUT2D eigenvalue weighted by atomic mass is 16.6. The fourth-order valence-electron chi connectivity index (χ4n) is 6.08. The number of unbranched alkanes of at least 4 members (excludes halogenated alkanes) is 22. The molecule has 0 amide bonds. The van der Waals surface area contributed by atoms with Crippen molar-refractivity contribution < 1.29 is 23.5 Å². The average molecular weight is 663 g/mol. The Balaban J connectivity index is 3.95. The third-order valence-electron chi connectivity index (χ3n) is 9.02. The molecule has 0 radical (unpaired) electrons. The number of quaternary nitrogens is 1. The Bertz CT molecular complexity index is 769. The molecule has 0 unspecified atom stereocenters. The molecule has 0 aliphatic carbocycles. The lowest BCUT2D eigenvalue weighted by atomic mass is 10.1. The molecule has 0 saturated heterocycles. The van der Waals surface area contributed by atoms with Gasteiger partial charge in [-0.15, -0.1) is 0 Å². The minimum absolute atomic E-state index is 0.193. The number of carbonyl (C=O) groups is 2.